The van der Waals surface area contributed by atoms with Crippen LogP contribution in [0.5, 0.6) is 0 Å². The first-order valence-electron chi connectivity index (χ1n) is 11.6. The maximum absolute atomic E-state index is 4.93. The zero-order valence-electron chi connectivity index (χ0n) is 20.4. The van der Waals surface area contributed by atoms with E-state index in [1.807, 2.05) is 55.8 Å². The molecule has 9 heteroatoms. The number of hydrogen-bond donors (Lipinski definition) is 3. The molecule has 9 nitrogen and oxygen atoms in total. The Morgan fingerprint density at radius 2 is 1.91 bits per heavy atom. The number of nitrogens with zero attached hydrogens (tertiary/aromatic N) is 6. The van der Waals surface area contributed by atoms with E-state index in [0.29, 0.717) is 6.54 Å². The number of anilines is 1. The van der Waals surface area contributed by atoms with Crippen LogP contribution in [0.4, 0.5) is 5.69 Å². The van der Waals surface area contributed by atoms with E-state index in [0.717, 1.165) is 57.6 Å². The smallest absolute Gasteiger partial charge is 0.155 e. The average molecular weight is 468 g/mol. The molecule has 0 fully saturated rings. The van der Waals surface area contributed by atoms with E-state index in [1.165, 1.54) is 0 Å². The molecule has 0 atom stereocenters. The topological polar surface area (TPSA) is 109 Å². The van der Waals surface area contributed by atoms with E-state index in [9.17, 15) is 0 Å². The minimum absolute atomic E-state index is 0.0451. The molecule has 0 aliphatic rings. The fourth-order valence-electron chi connectivity index (χ4n) is 3.77. The Morgan fingerprint density at radius 1 is 1.03 bits per heavy atom. The third-order valence-corrected chi connectivity index (χ3v) is 5.52. The van der Waals surface area contributed by atoms with Crippen LogP contribution < -0.4 is 10.6 Å². The minimum atomic E-state index is 0.0451. The van der Waals surface area contributed by atoms with Crippen LogP contribution in [0.1, 0.15) is 37.9 Å². The summed E-state index contributed by atoms with van der Waals surface area (Å²) < 4.78 is 1.75. The standard InChI is InChI=1S/C26H29N9/c1-17-6-5-7-21(32-17)25-24(19-8-9-23-29-16-31-35(23)15-19)33-22(34-25)14-28-20-10-18(11-27-13-20)12-30-26(2,3)4/h5-11,13,15-16,28,30H,12,14H2,1-4H3,(H,33,34). The second-order valence-electron chi connectivity index (χ2n) is 9.59. The number of hydrogen-bond acceptors (Lipinski definition) is 7. The molecule has 35 heavy (non-hydrogen) atoms. The van der Waals surface area contributed by atoms with Gasteiger partial charge in [-0.2, -0.15) is 5.10 Å². The van der Waals surface area contributed by atoms with Gasteiger partial charge in [0.1, 0.15) is 12.2 Å². The highest BCUT2D eigenvalue weighted by Gasteiger charge is 2.16. The fourth-order valence-corrected chi connectivity index (χ4v) is 3.77. The van der Waals surface area contributed by atoms with Crippen molar-refractivity contribution in [3.05, 3.63) is 78.4 Å². The van der Waals surface area contributed by atoms with Gasteiger partial charge in [-0.1, -0.05) is 6.07 Å². The molecule has 0 aliphatic heterocycles. The Hall–Kier alpha value is -4.11. The Balaban J connectivity index is 1.42. The molecule has 0 radical (unpaired) electrons. The van der Waals surface area contributed by atoms with Gasteiger partial charge < -0.3 is 15.6 Å². The molecule has 0 bridgehead atoms. The molecule has 0 unspecified atom stereocenters. The summed E-state index contributed by atoms with van der Waals surface area (Å²) in [6.45, 7) is 9.71. The molecule has 5 aromatic rings. The minimum Gasteiger partial charge on any atom is -0.377 e. The van der Waals surface area contributed by atoms with Crippen molar-refractivity contribution < 1.29 is 0 Å². The van der Waals surface area contributed by atoms with Gasteiger partial charge in [0.25, 0.3) is 0 Å². The first-order valence-corrected chi connectivity index (χ1v) is 11.6. The molecule has 5 rings (SSSR count). The molecular weight excluding hydrogens is 438 g/mol. The van der Waals surface area contributed by atoms with Crippen molar-refractivity contribution in [2.24, 2.45) is 0 Å². The number of aromatic amines is 1. The van der Waals surface area contributed by atoms with Crippen molar-refractivity contribution in [3.8, 4) is 22.6 Å². The largest absolute Gasteiger partial charge is 0.377 e. The molecule has 0 amide bonds. The van der Waals surface area contributed by atoms with E-state index in [4.69, 9.17) is 9.97 Å². The summed E-state index contributed by atoms with van der Waals surface area (Å²) in [7, 11) is 0. The van der Waals surface area contributed by atoms with E-state index in [-0.39, 0.29) is 5.54 Å². The fraction of sp³-hybridized carbons (Fsp3) is 0.269. The second-order valence-corrected chi connectivity index (χ2v) is 9.59. The Labute approximate surface area is 204 Å². The zero-order chi connectivity index (χ0) is 24.4. The SMILES string of the molecule is Cc1cccc(-c2[nH]c(CNc3cncc(CNC(C)(C)C)c3)nc2-c2ccc3ncnn3c2)n1. The van der Waals surface area contributed by atoms with Crippen molar-refractivity contribution in [2.75, 3.05) is 5.32 Å². The quantitative estimate of drug-likeness (QED) is 0.326. The van der Waals surface area contributed by atoms with E-state index in [1.54, 1.807) is 10.8 Å². The van der Waals surface area contributed by atoms with Gasteiger partial charge in [-0.25, -0.2) is 14.5 Å². The third-order valence-electron chi connectivity index (χ3n) is 5.52. The number of rotatable bonds is 7. The van der Waals surface area contributed by atoms with Gasteiger partial charge in [0.2, 0.25) is 0 Å². The molecule has 0 saturated heterocycles. The maximum atomic E-state index is 4.93. The Bertz CT molecular complexity index is 1460. The summed E-state index contributed by atoms with van der Waals surface area (Å²) in [5, 5.41) is 11.2. The van der Waals surface area contributed by atoms with Gasteiger partial charge in [-0.3, -0.25) is 9.97 Å². The molecule has 0 aliphatic carbocycles. The van der Waals surface area contributed by atoms with Crippen LogP contribution in [-0.2, 0) is 13.1 Å². The first-order chi connectivity index (χ1) is 16.8. The lowest BCUT2D eigenvalue weighted by atomic mass is 10.1. The highest BCUT2D eigenvalue weighted by Crippen LogP contribution is 2.29. The molecule has 178 valence electrons. The molecule has 5 heterocycles. The summed E-state index contributed by atoms with van der Waals surface area (Å²) in [5.41, 5.74) is 7.30. The number of nitrogens with one attached hydrogen (secondary N) is 3. The molecule has 0 spiro atoms. The van der Waals surface area contributed by atoms with Crippen LogP contribution in [0.15, 0.2) is 61.3 Å². The number of aromatic nitrogens is 7. The summed E-state index contributed by atoms with van der Waals surface area (Å²) in [6, 6.07) is 12.0. The maximum Gasteiger partial charge on any atom is 0.155 e. The number of aryl methyl sites for hydroxylation is 1. The lowest BCUT2D eigenvalue weighted by molar-refractivity contribution is 0.424. The Kier molecular flexibility index (Phi) is 6.00. The van der Waals surface area contributed by atoms with Crippen molar-refractivity contribution >= 4 is 11.3 Å². The van der Waals surface area contributed by atoms with Crippen LogP contribution in [0.3, 0.4) is 0 Å². The second kappa shape index (κ2) is 9.27. The van der Waals surface area contributed by atoms with Crippen molar-refractivity contribution in [1.82, 2.24) is 39.9 Å². The zero-order valence-corrected chi connectivity index (χ0v) is 20.4. The van der Waals surface area contributed by atoms with Crippen LogP contribution in [0.25, 0.3) is 28.3 Å². The van der Waals surface area contributed by atoms with E-state index < -0.39 is 0 Å². The average Bonchev–Trinajstić information content (AvgIpc) is 3.48. The number of pyridine rings is 3. The summed E-state index contributed by atoms with van der Waals surface area (Å²) >= 11 is 0. The number of fused-ring (bicyclic) bond motifs is 1. The van der Waals surface area contributed by atoms with E-state index >= 15 is 0 Å². The summed E-state index contributed by atoms with van der Waals surface area (Å²) in [6.07, 6.45) is 7.19. The number of H-pyrrole nitrogens is 1. The highest BCUT2D eigenvalue weighted by atomic mass is 15.3. The predicted octanol–water partition coefficient (Wildman–Crippen LogP) is 4.39. The predicted molar refractivity (Wildman–Crippen MR) is 137 cm³/mol. The lowest BCUT2D eigenvalue weighted by Crippen LogP contribution is -2.35. The van der Waals surface area contributed by atoms with Crippen LogP contribution in [0, 0.1) is 6.92 Å². The van der Waals surface area contributed by atoms with Gasteiger partial charge in [-0.05, 0) is 63.6 Å². The van der Waals surface area contributed by atoms with Crippen molar-refractivity contribution in [1.29, 1.82) is 0 Å². The van der Waals surface area contributed by atoms with Gasteiger partial charge in [0.15, 0.2) is 5.65 Å². The van der Waals surface area contributed by atoms with Crippen molar-refractivity contribution in [3.63, 3.8) is 0 Å². The van der Waals surface area contributed by atoms with Crippen LogP contribution in [0.2, 0.25) is 0 Å². The van der Waals surface area contributed by atoms with Crippen LogP contribution >= 0.6 is 0 Å². The monoisotopic (exact) mass is 467 g/mol. The van der Waals surface area contributed by atoms with Gasteiger partial charge >= 0.3 is 0 Å². The highest BCUT2D eigenvalue weighted by molar-refractivity contribution is 5.77. The normalized spacial score (nSPS) is 11.8. The molecule has 0 saturated carbocycles. The summed E-state index contributed by atoms with van der Waals surface area (Å²) in [5.74, 6) is 0.801. The first kappa shape index (κ1) is 22.7. The molecule has 0 aromatic carbocycles. The van der Waals surface area contributed by atoms with Crippen LogP contribution in [-0.4, -0.2) is 40.1 Å². The molecular formula is C26H29N9. The molecule has 3 N–H and O–H groups in total. The van der Waals surface area contributed by atoms with Gasteiger partial charge in [0, 0.05) is 41.9 Å². The summed E-state index contributed by atoms with van der Waals surface area (Å²) in [4.78, 5) is 21.8. The van der Waals surface area contributed by atoms with E-state index in [2.05, 4.69) is 57.5 Å². The third kappa shape index (κ3) is 5.36. The lowest BCUT2D eigenvalue weighted by Gasteiger charge is -2.20. The number of imidazole rings is 1. The Morgan fingerprint density at radius 3 is 2.74 bits per heavy atom. The van der Waals surface area contributed by atoms with Gasteiger partial charge in [0.05, 0.1) is 29.3 Å². The molecule has 5 aromatic heterocycles. The van der Waals surface area contributed by atoms with Gasteiger partial charge in [-0.15, -0.1) is 0 Å². The van der Waals surface area contributed by atoms with Crippen molar-refractivity contribution in [2.45, 2.75) is 46.3 Å².